The molecule has 94 valence electrons. The van der Waals surface area contributed by atoms with Crippen molar-refractivity contribution < 1.29 is 9.59 Å². The van der Waals surface area contributed by atoms with Gasteiger partial charge in [0.05, 0.1) is 16.3 Å². The number of thiophene rings is 1. The zero-order valence-corrected chi connectivity index (χ0v) is 12.0. The normalized spacial score (nSPS) is 10.3. The Morgan fingerprint density at radius 1 is 1.44 bits per heavy atom. The maximum Gasteiger partial charge on any atom is 0.236 e. The van der Waals surface area contributed by atoms with Gasteiger partial charge in [-0.25, -0.2) is 4.98 Å². The summed E-state index contributed by atoms with van der Waals surface area (Å²) in [4.78, 5) is 27.6. The summed E-state index contributed by atoms with van der Waals surface area (Å²) in [5.41, 5.74) is 0.865. The van der Waals surface area contributed by atoms with Crippen LogP contribution in [-0.4, -0.2) is 21.8 Å². The molecule has 0 fully saturated rings. The molecule has 0 saturated heterocycles. The van der Waals surface area contributed by atoms with E-state index >= 15 is 0 Å². The van der Waals surface area contributed by atoms with E-state index in [9.17, 15) is 9.59 Å². The van der Waals surface area contributed by atoms with Crippen LogP contribution in [0.3, 0.4) is 0 Å². The molecule has 7 heteroatoms. The van der Waals surface area contributed by atoms with Crippen molar-refractivity contribution in [1.82, 2.24) is 4.98 Å². The van der Waals surface area contributed by atoms with Crippen molar-refractivity contribution in [1.29, 1.82) is 0 Å². The first-order valence-electron chi connectivity index (χ1n) is 5.08. The van der Waals surface area contributed by atoms with Gasteiger partial charge in [-0.1, -0.05) is 17.8 Å². The van der Waals surface area contributed by atoms with Crippen LogP contribution < -0.4 is 5.32 Å². The highest BCUT2D eigenvalue weighted by Gasteiger charge is 2.09. The van der Waals surface area contributed by atoms with Crippen molar-refractivity contribution in [2.75, 3.05) is 11.1 Å². The van der Waals surface area contributed by atoms with Crippen LogP contribution in [-0.2, 0) is 9.59 Å². The molecule has 0 radical (unpaired) electrons. The lowest BCUT2D eigenvalue weighted by molar-refractivity contribution is -0.114. The molecule has 1 N–H and O–H groups in total. The van der Waals surface area contributed by atoms with Crippen molar-refractivity contribution in [2.24, 2.45) is 0 Å². The Morgan fingerprint density at radius 3 is 2.94 bits per heavy atom. The molecule has 0 aliphatic heterocycles. The molecule has 2 aromatic heterocycles. The number of amides is 1. The third kappa shape index (κ3) is 3.66. The average Bonchev–Trinajstić information content (AvgIpc) is 2.95. The topological polar surface area (TPSA) is 59.1 Å². The van der Waals surface area contributed by atoms with Gasteiger partial charge in [-0.05, 0) is 11.4 Å². The first kappa shape index (κ1) is 13.3. The smallest absolute Gasteiger partial charge is 0.236 e. The van der Waals surface area contributed by atoms with Crippen molar-refractivity contribution in [3.63, 3.8) is 0 Å². The second kappa shape index (κ2) is 6.12. The Bertz CT molecular complexity index is 548. The largest absolute Gasteiger partial charge is 0.301 e. The van der Waals surface area contributed by atoms with Gasteiger partial charge < -0.3 is 5.32 Å². The number of aromatic nitrogens is 1. The summed E-state index contributed by atoms with van der Waals surface area (Å²) in [5, 5.41) is 7.06. The molecule has 0 saturated carbocycles. The molecule has 18 heavy (non-hydrogen) atoms. The monoisotopic (exact) mass is 298 g/mol. The van der Waals surface area contributed by atoms with E-state index < -0.39 is 0 Å². The van der Waals surface area contributed by atoms with Crippen molar-refractivity contribution >= 4 is 50.6 Å². The number of carbonyl (C=O) groups is 2. The standard InChI is InChI=1S/C11H10N2O2S3/c1-7(14)17-6-10(15)13-11-12-8(5-18-11)9-3-2-4-16-9/h2-5H,6H2,1H3,(H,12,13,15). The van der Waals surface area contributed by atoms with E-state index in [-0.39, 0.29) is 16.8 Å². The third-order valence-electron chi connectivity index (χ3n) is 1.93. The summed E-state index contributed by atoms with van der Waals surface area (Å²) >= 11 is 3.98. The summed E-state index contributed by atoms with van der Waals surface area (Å²) in [6, 6.07) is 3.94. The Labute approximate surface area is 116 Å². The first-order valence-corrected chi connectivity index (χ1v) is 7.82. The van der Waals surface area contributed by atoms with Crippen LogP contribution in [0.2, 0.25) is 0 Å². The molecular formula is C11H10N2O2S3. The number of nitrogens with zero attached hydrogens (tertiary/aromatic N) is 1. The highest BCUT2D eigenvalue weighted by atomic mass is 32.2. The summed E-state index contributed by atoms with van der Waals surface area (Å²) in [5.74, 6) is -0.0780. The first-order chi connectivity index (χ1) is 8.65. The number of carbonyl (C=O) groups excluding carboxylic acids is 2. The Hall–Kier alpha value is -1.18. The minimum absolute atomic E-state index is 0.0661. The average molecular weight is 298 g/mol. The second-order valence-corrected chi connectivity index (χ2v) is 6.30. The molecule has 1 amide bonds. The maximum absolute atomic E-state index is 11.5. The van der Waals surface area contributed by atoms with E-state index in [0.29, 0.717) is 5.13 Å². The van der Waals surface area contributed by atoms with Crippen LogP contribution in [0.25, 0.3) is 10.6 Å². The van der Waals surface area contributed by atoms with Crippen molar-refractivity contribution in [3.05, 3.63) is 22.9 Å². The summed E-state index contributed by atoms with van der Waals surface area (Å²) < 4.78 is 0. The Balaban J connectivity index is 1.95. The predicted octanol–water partition coefficient (Wildman–Crippen LogP) is 3.09. The van der Waals surface area contributed by atoms with Gasteiger partial charge in [0, 0.05) is 12.3 Å². The Kier molecular flexibility index (Phi) is 4.51. The van der Waals surface area contributed by atoms with Gasteiger partial charge in [0.25, 0.3) is 0 Å². The van der Waals surface area contributed by atoms with Gasteiger partial charge >= 0.3 is 0 Å². The molecule has 2 aromatic rings. The molecular weight excluding hydrogens is 288 g/mol. The molecule has 0 bridgehead atoms. The number of hydrogen-bond donors (Lipinski definition) is 1. The molecule has 0 aliphatic rings. The van der Waals surface area contributed by atoms with E-state index in [0.717, 1.165) is 22.3 Å². The van der Waals surface area contributed by atoms with E-state index in [1.807, 2.05) is 22.9 Å². The predicted molar refractivity (Wildman–Crippen MR) is 77.2 cm³/mol. The fourth-order valence-corrected chi connectivity index (χ4v) is 3.09. The number of hydrogen-bond acceptors (Lipinski definition) is 6. The lowest BCUT2D eigenvalue weighted by Gasteiger charge is -1.98. The SMILES string of the molecule is CC(=O)SCC(=O)Nc1nc(-c2cccs2)cs1. The van der Waals surface area contributed by atoms with E-state index in [1.165, 1.54) is 18.3 Å². The molecule has 0 spiro atoms. The Morgan fingerprint density at radius 2 is 2.28 bits per heavy atom. The van der Waals surface area contributed by atoms with E-state index in [1.54, 1.807) is 11.3 Å². The lowest BCUT2D eigenvalue weighted by Crippen LogP contribution is -2.14. The zero-order valence-electron chi connectivity index (χ0n) is 9.50. The number of anilines is 1. The molecule has 0 unspecified atom stereocenters. The van der Waals surface area contributed by atoms with Gasteiger partial charge in [0.2, 0.25) is 5.91 Å². The fourth-order valence-electron chi connectivity index (χ4n) is 1.19. The minimum Gasteiger partial charge on any atom is -0.301 e. The van der Waals surface area contributed by atoms with Crippen molar-refractivity contribution in [3.8, 4) is 10.6 Å². The molecule has 0 aromatic carbocycles. The van der Waals surface area contributed by atoms with E-state index in [2.05, 4.69) is 10.3 Å². The molecule has 0 aliphatic carbocycles. The van der Waals surface area contributed by atoms with Crippen LogP contribution in [0, 0.1) is 0 Å². The minimum atomic E-state index is -0.206. The summed E-state index contributed by atoms with van der Waals surface area (Å²) in [6.45, 7) is 1.44. The molecule has 2 heterocycles. The maximum atomic E-state index is 11.5. The zero-order chi connectivity index (χ0) is 13.0. The molecule has 4 nitrogen and oxygen atoms in total. The summed E-state index contributed by atoms with van der Waals surface area (Å²) in [7, 11) is 0. The number of thiazole rings is 1. The van der Waals surface area contributed by atoms with Crippen LogP contribution in [0.4, 0.5) is 5.13 Å². The number of thioether (sulfide) groups is 1. The molecule has 0 atom stereocenters. The van der Waals surface area contributed by atoms with Crippen LogP contribution in [0.5, 0.6) is 0 Å². The fraction of sp³-hybridized carbons (Fsp3) is 0.182. The van der Waals surface area contributed by atoms with Gasteiger partial charge in [-0.15, -0.1) is 22.7 Å². The third-order valence-corrected chi connectivity index (χ3v) is 4.39. The van der Waals surface area contributed by atoms with Gasteiger partial charge in [0.15, 0.2) is 10.2 Å². The lowest BCUT2D eigenvalue weighted by atomic mass is 10.4. The number of nitrogens with one attached hydrogen (secondary N) is 1. The second-order valence-electron chi connectivity index (χ2n) is 3.34. The van der Waals surface area contributed by atoms with Gasteiger partial charge in [-0.2, -0.15) is 0 Å². The van der Waals surface area contributed by atoms with Crippen molar-refractivity contribution in [2.45, 2.75) is 6.92 Å². The van der Waals surface area contributed by atoms with Crippen LogP contribution >= 0.6 is 34.4 Å². The summed E-state index contributed by atoms with van der Waals surface area (Å²) in [6.07, 6.45) is 0. The van der Waals surface area contributed by atoms with Crippen LogP contribution in [0.1, 0.15) is 6.92 Å². The highest BCUT2D eigenvalue weighted by Crippen LogP contribution is 2.28. The van der Waals surface area contributed by atoms with Gasteiger partial charge in [-0.3, -0.25) is 9.59 Å². The molecule has 2 rings (SSSR count). The van der Waals surface area contributed by atoms with Crippen LogP contribution in [0.15, 0.2) is 22.9 Å². The van der Waals surface area contributed by atoms with E-state index in [4.69, 9.17) is 0 Å². The van der Waals surface area contributed by atoms with Gasteiger partial charge in [0.1, 0.15) is 0 Å². The quantitative estimate of drug-likeness (QED) is 0.942. The number of rotatable bonds is 4. The highest BCUT2D eigenvalue weighted by molar-refractivity contribution is 8.14.